The fourth-order valence-electron chi connectivity index (χ4n) is 2.02. The first-order chi connectivity index (χ1) is 10.5. The minimum atomic E-state index is -0.540. The van der Waals surface area contributed by atoms with Crippen molar-refractivity contribution in [3.63, 3.8) is 0 Å². The monoisotopic (exact) mass is 359 g/mol. The molecular weight excluding hydrogens is 346 g/mol. The lowest BCUT2D eigenvalue weighted by Gasteiger charge is -2.17. The van der Waals surface area contributed by atoms with Gasteiger partial charge in [0.1, 0.15) is 4.32 Å². The van der Waals surface area contributed by atoms with Gasteiger partial charge in [-0.3, -0.25) is 14.9 Å². The molecule has 9 heteroatoms. The second-order valence-corrected chi connectivity index (χ2v) is 6.73. The summed E-state index contributed by atoms with van der Waals surface area (Å²) in [6.45, 7) is 1.89. The van der Waals surface area contributed by atoms with Gasteiger partial charge in [0.05, 0.1) is 21.4 Å². The molecule has 0 spiro atoms. The summed E-state index contributed by atoms with van der Waals surface area (Å²) < 4.78 is 0.724. The third-order valence-electron chi connectivity index (χ3n) is 3.13. The third kappa shape index (κ3) is 4.56. The molecule has 0 aliphatic carbocycles. The number of carbonyl (C=O) groups excluding carboxylic acids is 1. The second-order valence-electron chi connectivity index (χ2n) is 4.72. The van der Waals surface area contributed by atoms with E-state index in [1.807, 2.05) is 0 Å². The van der Waals surface area contributed by atoms with E-state index in [9.17, 15) is 14.9 Å². The van der Waals surface area contributed by atoms with Gasteiger partial charge in [0.25, 0.3) is 5.69 Å². The molecule has 1 aliphatic rings. The number of thioether (sulfide) groups is 1. The number of hydrogen-bond donors (Lipinski definition) is 1. The number of hydrogen-bond acceptors (Lipinski definition) is 5. The molecule has 1 N–H and O–H groups in total. The number of likely N-dealkylation sites (tertiary alicyclic amines) is 1. The second kappa shape index (κ2) is 7.75. The van der Waals surface area contributed by atoms with Gasteiger partial charge in [0.2, 0.25) is 5.91 Å². The van der Waals surface area contributed by atoms with Crippen LogP contribution in [-0.4, -0.2) is 38.9 Å². The summed E-state index contributed by atoms with van der Waals surface area (Å²) in [7, 11) is 0. The Morgan fingerprint density at radius 2 is 2.14 bits per heavy atom. The lowest BCUT2D eigenvalue weighted by Crippen LogP contribution is -2.25. The first-order valence-corrected chi connectivity index (χ1v) is 8.40. The molecule has 118 valence electrons. The zero-order chi connectivity index (χ0) is 16.1. The van der Waals surface area contributed by atoms with Crippen LogP contribution in [0.2, 0.25) is 5.02 Å². The number of halogens is 1. The van der Waals surface area contributed by atoms with Gasteiger partial charge in [-0.25, -0.2) is 0 Å². The fourth-order valence-corrected chi connectivity index (χ4v) is 3.30. The Bertz CT molecular complexity index is 606. The van der Waals surface area contributed by atoms with Gasteiger partial charge in [-0.1, -0.05) is 35.6 Å². The van der Waals surface area contributed by atoms with Crippen LogP contribution in [0.25, 0.3) is 0 Å². The van der Waals surface area contributed by atoms with E-state index in [0.29, 0.717) is 5.69 Å². The Labute approximate surface area is 142 Å². The minimum Gasteiger partial charge on any atom is -0.358 e. The van der Waals surface area contributed by atoms with E-state index in [4.69, 9.17) is 23.8 Å². The highest BCUT2D eigenvalue weighted by Crippen LogP contribution is 2.27. The molecular formula is C13H14ClN3O3S2. The zero-order valence-electron chi connectivity index (χ0n) is 11.6. The maximum atomic E-state index is 11.9. The Kier molecular flexibility index (Phi) is 5.98. The molecule has 1 aliphatic heterocycles. The molecule has 6 nitrogen and oxygen atoms in total. The van der Waals surface area contributed by atoms with Crippen LogP contribution in [0.3, 0.4) is 0 Å². The number of nitrogens with zero attached hydrogens (tertiary/aromatic N) is 2. The predicted octanol–water partition coefficient (Wildman–Crippen LogP) is 3.30. The van der Waals surface area contributed by atoms with Gasteiger partial charge < -0.3 is 10.2 Å². The van der Waals surface area contributed by atoms with Gasteiger partial charge in [0, 0.05) is 25.2 Å². The van der Waals surface area contributed by atoms with Crippen molar-refractivity contribution >= 4 is 57.2 Å². The topological polar surface area (TPSA) is 75.5 Å². The predicted molar refractivity (Wildman–Crippen MR) is 92.6 cm³/mol. The van der Waals surface area contributed by atoms with Crippen molar-refractivity contribution in [3.8, 4) is 0 Å². The zero-order valence-corrected chi connectivity index (χ0v) is 14.0. The molecule has 1 fully saturated rings. The Balaban J connectivity index is 1.86. The standard InChI is InChI=1S/C13H14ClN3O3S2/c14-10-7-9(17(19)20)3-4-11(10)15-12(18)8-22-13(21)16-5-1-2-6-16/h3-4,7H,1-2,5-6,8H2,(H,15,18). The molecule has 0 atom stereocenters. The maximum absolute atomic E-state index is 11.9. The van der Waals surface area contributed by atoms with E-state index in [1.165, 1.54) is 30.0 Å². The number of carbonyl (C=O) groups is 1. The molecule has 1 saturated heterocycles. The van der Waals surface area contributed by atoms with E-state index in [2.05, 4.69) is 10.2 Å². The third-order valence-corrected chi connectivity index (χ3v) is 4.96. The summed E-state index contributed by atoms with van der Waals surface area (Å²) in [6.07, 6.45) is 2.26. The summed E-state index contributed by atoms with van der Waals surface area (Å²) in [5.74, 6) is -0.0647. The number of rotatable bonds is 4. The van der Waals surface area contributed by atoms with E-state index >= 15 is 0 Å². The number of non-ortho nitro benzene ring substituents is 1. The van der Waals surface area contributed by atoms with Crippen LogP contribution in [0, 0.1) is 10.1 Å². The SMILES string of the molecule is O=C(CSC(=S)N1CCCC1)Nc1ccc([N+](=O)[O-])cc1Cl. The average Bonchev–Trinajstić information content (AvgIpc) is 3.01. The number of nitrogens with one attached hydrogen (secondary N) is 1. The van der Waals surface area contributed by atoms with E-state index < -0.39 is 4.92 Å². The molecule has 0 saturated carbocycles. The normalized spacial score (nSPS) is 14.0. The van der Waals surface area contributed by atoms with Crippen LogP contribution < -0.4 is 5.32 Å². The largest absolute Gasteiger partial charge is 0.358 e. The van der Waals surface area contributed by atoms with Crippen LogP contribution in [0.4, 0.5) is 11.4 Å². The summed E-state index contributed by atoms with van der Waals surface area (Å²) in [4.78, 5) is 24.1. The van der Waals surface area contributed by atoms with Crippen molar-refractivity contribution in [1.82, 2.24) is 4.90 Å². The van der Waals surface area contributed by atoms with E-state index in [-0.39, 0.29) is 22.4 Å². The first kappa shape index (κ1) is 17.0. The quantitative estimate of drug-likeness (QED) is 0.505. The number of nitro groups is 1. The number of thiocarbonyl (C=S) groups is 1. The van der Waals surface area contributed by atoms with Crippen molar-refractivity contribution < 1.29 is 9.72 Å². The van der Waals surface area contributed by atoms with Crippen molar-refractivity contribution in [2.75, 3.05) is 24.2 Å². The van der Waals surface area contributed by atoms with Crippen LogP contribution in [0.5, 0.6) is 0 Å². The highest BCUT2D eigenvalue weighted by Gasteiger charge is 2.17. The maximum Gasteiger partial charge on any atom is 0.271 e. The van der Waals surface area contributed by atoms with Gasteiger partial charge in [-0.2, -0.15) is 0 Å². The molecule has 0 aromatic heterocycles. The summed E-state index contributed by atoms with van der Waals surface area (Å²) in [6, 6.07) is 3.92. The molecule has 1 amide bonds. The van der Waals surface area contributed by atoms with Gasteiger partial charge in [0.15, 0.2) is 0 Å². The van der Waals surface area contributed by atoms with Gasteiger partial charge >= 0.3 is 0 Å². The van der Waals surface area contributed by atoms with Crippen molar-refractivity contribution in [1.29, 1.82) is 0 Å². The molecule has 1 heterocycles. The van der Waals surface area contributed by atoms with Gasteiger partial charge in [-0.05, 0) is 18.9 Å². The molecule has 0 unspecified atom stereocenters. The number of benzene rings is 1. The smallest absolute Gasteiger partial charge is 0.271 e. The molecule has 0 bridgehead atoms. The Morgan fingerprint density at radius 3 is 2.73 bits per heavy atom. The number of nitro benzene ring substituents is 1. The van der Waals surface area contributed by atoms with Crippen molar-refractivity contribution in [3.05, 3.63) is 33.3 Å². The molecule has 2 rings (SSSR count). The van der Waals surface area contributed by atoms with Crippen LogP contribution in [0.1, 0.15) is 12.8 Å². The summed E-state index contributed by atoms with van der Waals surface area (Å²) in [5.41, 5.74) is 0.234. The molecule has 22 heavy (non-hydrogen) atoms. The lowest BCUT2D eigenvalue weighted by molar-refractivity contribution is -0.384. The van der Waals surface area contributed by atoms with Gasteiger partial charge in [-0.15, -0.1) is 0 Å². The minimum absolute atomic E-state index is 0.118. The summed E-state index contributed by atoms with van der Waals surface area (Å²) in [5, 5.41) is 13.4. The number of anilines is 1. The molecule has 1 aromatic carbocycles. The highest BCUT2D eigenvalue weighted by molar-refractivity contribution is 8.23. The number of amides is 1. The highest BCUT2D eigenvalue weighted by atomic mass is 35.5. The van der Waals surface area contributed by atoms with Crippen LogP contribution in [0.15, 0.2) is 18.2 Å². The molecule has 0 radical (unpaired) electrons. The molecule has 1 aromatic rings. The fraction of sp³-hybridized carbons (Fsp3) is 0.385. The van der Waals surface area contributed by atoms with E-state index in [0.717, 1.165) is 30.3 Å². The summed E-state index contributed by atoms with van der Waals surface area (Å²) >= 11 is 12.5. The van der Waals surface area contributed by atoms with Crippen molar-refractivity contribution in [2.24, 2.45) is 0 Å². The Hall–Kier alpha value is -1.38. The van der Waals surface area contributed by atoms with E-state index in [1.54, 1.807) is 0 Å². The van der Waals surface area contributed by atoms with Crippen LogP contribution in [-0.2, 0) is 4.79 Å². The van der Waals surface area contributed by atoms with Crippen molar-refractivity contribution in [2.45, 2.75) is 12.8 Å². The Morgan fingerprint density at radius 1 is 1.45 bits per heavy atom. The average molecular weight is 360 g/mol. The lowest BCUT2D eigenvalue weighted by atomic mass is 10.3. The first-order valence-electron chi connectivity index (χ1n) is 6.63. The van der Waals surface area contributed by atoms with Crippen LogP contribution >= 0.6 is 35.6 Å².